The van der Waals surface area contributed by atoms with Crippen LogP contribution < -0.4 is 19.9 Å². The molecule has 0 unspecified atom stereocenters. The zero-order valence-corrected chi connectivity index (χ0v) is 15.4. The molecule has 1 aliphatic rings. The molecule has 1 aliphatic heterocycles. The van der Waals surface area contributed by atoms with Crippen LogP contribution in [0.3, 0.4) is 0 Å². The van der Waals surface area contributed by atoms with Gasteiger partial charge in [-0.2, -0.15) is 10.1 Å². The first-order valence-electron chi connectivity index (χ1n) is 8.57. The lowest BCUT2D eigenvalue weighted by molar-refractivity contribution is 0.413. The van der Waals surface area contributed by atoms with Crippen LogP contribution in [0.4, 0.5) is 17.5 Å². The first kappa shape index (κ1) is 17.3. The maximum atomic E-state index is 5.48. The second kappa shape index (κ2) is 7.13. The number of piperazine rings is 1. The van der Waals surface area contributed by atoms with Crippen molar-refractivity contribution in [2.24, 2.45) is 0 Å². The summed E-state index contributed by atoms with van der Waals surface area (Å²) in [5.74, 6) is 2.34. The Morgan fingerprint density at radius 3 is 2.40 bits per heavy atom. The van der Waals surface area contributed by atoms with Crippen molar-refractivity contribution >= 4 is 17.5 Å². The van der Waals surface area contributed by atoms with Gasteiger partial charge in [-0.1, -0.05) is 12.1 Å². The molecule has 0 bridgehead atoms. The standard InChI is InChI=1S/C18H26N6O/c1-18(2,3)21-17-20-16(13-19-22-17)24-11-9-23(10-12-24)14-7-5-6-8-15(14)25-4/h5-8,13H,9-12H2,1-4H3,(H,20,21,22). The first-order chi connectivity index (χ1) is 12.0. The molecule has 1 fully saturated rings. The molecule has 0 radical (unpaired) electrons. The zero-order chi connectivity index (χ0) is 17.9. The third-order valence-electron chi connectivity index (χ3n) is 4.06. The normalized spacial score (nSPS) is 15.2. The smallest absolute Gasteiger partial charge is 0.245 e. The molecule has 0 atom stereocenters. The van der Waals surface area contributed by atoms with Gasteiger partial charge in [0.05, 0.1) is 19.0 Å². The fraction of sp³-hybridized carbons (Fsp3) is 0.500. The van der Waals surface area contributed by atoms with Crippen LogP contribution >= 0.6 is 0 Å². The summed E-state index contributed by atoms with van der Waals surface area (Å²) in [4.78, 5) is 9.20. The Labute approximate surface area is 149 Å². The number of nitrogens with zero attached hydrogens (tertiary/aromatic N) is 5. The van der Waals surface area contributed by atoms with Crippen LogP contribution in [0.2, 0.25) is 0 Å². The van der Waals surface area contributed by atoms with Gasteiger partial charge in [0.15, 0.2) is 5.82 Å². The van der Waals surface area contributed by atoms with E-state index in [1.807, 2.05) is 18.2 Å². The Balaban J connectivity index is 1.67. The average Bonchev–Trinajstić information content (AvgIpc) is 2.60. The molecule has 7 nitrogen and oxygen atoms in total. The molecule has 7 heteroatoms. The molecule has 1 N–H and O–H groups in total. The van der Waals surface area contributed by atoms with Crippen LogP contribution in [-0.4, -0.2) is 54.0 Å². The lowest BCUT2D eigenvalue weighted by Gasteiger charge is -2.37. The number of benzene rings is 1. The highest BCUT2D eigenvalue weighted by atomic mass is 16.5. The number of aromatic nitrogens is 3. The van der Waals surface area contributed by atoms with E-state index >= 15 is 0 Å². The van der Waals surface area contributed by atoms with Crippen molar-refractivity contribution in [2.45, 2.75) is 26.3 Å². The van der Waals surface area contributed by atoms with Crippen LogP contribution in [0.1, 0.15) is 20.8 Å². The van der Waals surface area contributed by atoms with E-state index < -0.39 is 0 Å². The molecule has 25 heavy (non-hydrogen) atoms. The summed E-state index contributed by atoms with van der Waals surface area (Å²) in [6.07, 6.45) is 1.73. The fourth-order valence-electron chi connectivity index (χ4n) is 2.90. The Kier molecular flexibility index (Phi) is 4.92. The fourth-order valence-corrected chi connectivity index (χ4v) is 2.90. The van der Waals surface area contributed by atoms with Gasteiger partial charge in [0.2, 0.25) is 5.95 Å². The van der Waals surface area contributed by atoms with Crippen LogP contribution in [0.5, 0.6) is 5.75 Å². The van der Waals surface area contributed by atoms with Crippen molar-refractivity contribution in [3.8, 4) is 5.75 Å². The van der Waals surface area contributed by atoms with Gasteiger partial charge in [-0.3, -0.25) is 0 Å². The topological polar surface area (TPSA) is 66.4 Å². The number of para-hydroxylation sites is 2. The van der Waals surface area contributed by atoms with Crippen molar-refractivity contribution in [2.75, 3.05) is 48.4 Å². The second-order valence-corrected chi connectivity index (χ2v) is 7.16. The lowest BCUT2D eigenvalue weighted by Crippen LogP contribution is -2.47. The van der Waals surface area contributed by atoms with Crippen LogP contribution in [0.25, 0.3) is 0 Å². The average molecular weight is 342 g/mol. The molecule has 1 aromatic carbocycles. The highest BCUT2D eigenvalue weighted by molar-refractivity contribution is 5.59. The monoisotopic (exact) mass is 342 g/mol. The van der Waals surface area contributed by atoms with Gasteiger partial charge in [-0.25, -0.2) is 0 Å². The van der Waals surface area contributed by atoms with E-state index in [0.717, 1.165) is 43.4 Å². The molecule has 2 aromatic rings. The van der Waals surface area contributed by atoms with Gasteiger partial charge < -0.3 is 19.9 Å². The molecule has 0 saturated carbocycles. The molecule has 1 saturated heterocycles. The quantitative estimate of drug-likeness (QED) is 0.915. The van der Waals surface area contributed by atoms with Gasteiger partial charge in [-0.15, -0.1) is 5.10 Å². The van der Waals surface area contributed by atoms with Crippen LogP contribution in [0, 0.1) is 0 Å². The summed E-state index contributed by atoms with van der Waals surface area (Å²) in [6.45, 7) is 9.81. The number of hydrogen-bond donors (Lipinski definition) is 1. The summed E-state index contributed by atoms with van der Waals surface area (Å²) in [5, 5.41) is 11.4. The molecule has 3 rings (SSSR count). The molecule has 134 valence electrons. The Hall–Kier alpha value is -2.57. The third-order valence-corrected chi connectivity index (χ3v) is 4.06. The Morgan fingerprint density at radius 2 is 1.72 bits per heavy atom. The van der Waals surface area contributed by atoms with E-state index in [1.54, 1.807) is 13.3 Å². The minimum absolute atomic E-state index is 0.0944. The Morgan fingerprint density at radius 1 is 1.04 bits per heavy atom. The van der Waals surface area contributed by atoms with E-state index in [-0.39, 0.29) is 5.54 Å². The minimum atomic E-state index is -0.0944. The molecule has 0 amide bonds. The first-order valence-corrected chi connectivity index (χ1v) is 8.57. The van der Waals surface area contributed by atoms with Crippen LogP contribution in [0.15, 0.2) is 30.5 Å². The minimum Gasteiger partial charge on any atom is -0.495 e. The van der Waals surface area contributed by atoms with Crippen molar-refractivity contribution in [1.29, 1.82) is 0 Å². The molecule has 0 aliphatic carbocycles. The van der Waals surface area contributed by atoms with Gasteiger partial charge in [0, 0.05) is 31.7 Å². The molecular formula is C18H26N6O. The lowest BCUT2D eigenvalue weighted by atomic mass is 10.1. The number of nitrogens with one attached hydrogen (secondary N) is 1. The molecular weight excluding hydrogens is 316 g/mol. The van der Waals surface area contributed by atoms with Gasteiger partial charge in [-0.05, 0) is 32.9 Å². The van der Waals surface area contributed by atoms with Gasteiger partial charge in [0.25, 0.3) is 0 Å². The van der Waals surface area contributed by atoms with Gasteiger partial charge in [0.1, 0.15) is 5.75 Å². The number of rotatable bonds is 4. The third kappa shape index (κ3) is 4.29. The summed E-state index contributed by atoms with van der Waals surface area (Å²) in [6, 6.07) is 8.14. The largest absolute Gasteiger partial charge is 0.495 e. The van der Waals surface area contributed by atoms with Crippen LogP contribution in [-0.2, 0) is 0 Å². The van der Waals surface area contributed by atoms with E-state index in [2.05, 4.69) is 57.1 Å². The van der Waals surface area contributed by atoms with E-state index in [1.165, 1.54) is 0 Å². The van der Waals surface area contributed by atoms with E-state index in [4.69, 9.17) is 4.74 Å². The van der Waals surface area contributed by atoms with Gasteiger partial charge >= 0.3 is 0 Å². The summed E-state index contributed by atoms with van der Waals surface area (Å²) in [7, 11) is 1.71. The number of anilines is 3. The second-order valence-electron chi connectivity index (χ2n) is 7.16. The predicted molar refractivity (Wildman–Crippen MR) is 101 cm³/mol. The zero-order valence-electron chi connectivity index (χ0n) is 15.4. The van der Waals surface area contributed by atoms with Crippen molar-refractivity contribution in [3.63, 3.8) is 0 Å². The highest BCUT2D eigenvalue weighted by Crippen LogP contribution is 2.29. The maximum absolute atomic E-state index is 5.48. The summed E-state index contributed by atoms with van der Waals surface area (Å²) in [5.41, 5.74) is 1.05. The molecule has 0 spiro atoms. The number of ether oxygens (including phenoxy) is 1. The number of hydrogen-bond acceptors (Lipinski definition) is 7. The SMILES string of the molecule is COc1ccccc1N1CCN(c2cnnc(NC(C)(C)C)n2)CC1. The molecule has 2 heterocycles. The summed E-state index contributed by atoms with van der Waals surface area (Å²) >= 11 is 0. The highest BCUT2D eigenvalue weighted by Gasteiger charge is 2.21. The Bertz CT molecular complexity index is 707. The van der Waals surface area contributed by atoms with Crippen molar-refractivity contribution < 1.29 is 4.74 Å². The van der Waals surface area contributed by atoms with E-state index in [0.29, 0.717) is 5.95 Å². The van der Waals surface area contributed by atoms with Crippen molar-refractivity contribution in [1.82, 2.24) is 15.2 Å². The summed E-state index contributed by atoms with van der Waals surface area (Å²) < 4.78 is 5.48. The number of methoxy groups -OCH3 is 1. The predicted octanol–water partition coefficient (Wildman–Crippen LogP) is 2.42. The maximum Gasteiger partial charge on any atom is 0.245 e. The molecule has 1 aromatic heterocycles. The van der Waals surface area contributed by atoms with Crippen molar-refractivity contribution in [3.05, 3.63) is 30.5 Å². The van der Waals surface area contributed by atoms with E-state index in [9.17, 15) is 0 Å².